The third-order valence-electron chi connectivity index (χ3n) is 2.24. The molecule has 0 atom stereocenters. The van der Waals surface area contributed by atoms with Crippen LogP contribution in [-0.2, 0) is 0 Å². The van der Waals surface area contributed by atoms with Crippen LogP contribution in [-0.4, -0.2) is 4.92 Å². The maximum Gasteiger partial charge on any atom is 0.305 e. The first-order chi connectivity index (χ1) is 8.58. The summed E-state index contributed by atoms with van der Waals surface area (Å²) in [6, 6.07) is 12.5. The molecule has 0 bridgehead atoms. The summed E-state index contributed by atoms with van der Waals surface area (Å²) in [5.74, 6) is 0. The molecule has 6 heteroatoms. The second-order valence-electron chi connectivity index (χ2n) is 3.51. The summed E-state index contributed by atoms with van der Waals surface area (Å²) in [5.41, 5.74) is 5.78. The van der Waals surface area contributed by atoms with Gasteiger partial charge in [0, 0.05) is 9.37 Å². The number of halogens is 1. The third-order valence-corrected chi connectivity index (χ3v) is 3.77. The normalized spacial score (nSPS) is 10.3. The minimum Gasteiger partial charge on any atom is -0.393 e. The molecule has 18 heavy (non-hydrogen) atoms. The molecule has 0 aliphatic heterocycles. The van der Waals surface area contributed by atoms with Gasteiger partial charge in [-0.15, -0.1) is 0 Å². The largest absolute Gasteiger partial charge is 0.393 e. The van der Waals surface area contributed by atoms with Crippen LogP contribution in [0.4, 0.5) is 11.4 Å². The number of rotatable bonds is 3. The average molecular weight is 325 g/mol. The van der Waals surface area contributed by atoms with Crippen LogP contribution < -0.4 is 5.73 Å². The molecule has 4 nitrogen and oxygen atoms in total. The molecular weight excluding hydrogens is 316 g/mol. The molecule has 92 valence electrons. The number of para-hydroxylation sites is 1. The Morgan fingerprint density at radius 2 is 1.94 bits per heavy atom. The Kier molecular flexibility index (Phi) is 3.88. The van der Waals surface area contributed by atoms with Crippen LogP contribution in [0.3, 0.4) is 0 Å². The fourth-order valence-electron chi connectivity index (χ4n) is 1.47. The van der Waals surface area contributed by atoms with Gasteiger partial charge in [0.25, 0.3) is 0 Å². The van der Waals surface area contributed by atoms with Gasteiger partial charge in [0.05, 0.1) is 9.82 Å². The zero-order chi connectivity index (χ0) is 13.1. The SMILES string of the molecule is Nc1cccc(Sc2cccc(Br)c2)c1[N+](=O)[O-]. The summed E-state index contributed by atoms with van der Waals surface area (Å²) in [4.78, 5) is 12.0. The van der Waals surface area contributed by atoms with E-state index in [0.29, 0.717) is 4.90 Å². The molecule has 0 aliphatic rings. The van der Waals surface area contributed by atoms with Gasteiger partial charge in [0.15, 0.2) is 0 Å². The lowest BCUT2D eigenvalue weighted by atomic mass is 10.3. The molecule has 0 saturated carbocycles. The van der Waals surface area contributed by atoms with E-state index in [9.17, 15) is 10.1 Å². The van der Waals surface area contributed by atoms with E-state index in [-0.39, 0.29) is 11.4 Å². The standard InChI is InChI=1S/C12H9BrN2O2S/c13-8-3-1-4-9(7-8)18-11-6-2-5-10(14)12(11)15(16)17/h1-7H,14H2. The molecule has 0 aliphatic carbocycles. The summed E-state index contributed by atoms with van der Waals surface area (Å²) in [5, 5.41) is 11.0. The van der Waals surface area contributed by atoms with Gasteiger partial charge in [-0.25, -0.2) is 0 Å². The Morgan fingerprint density at radius 1 is 1.22 bits per heavy atom. The molecule has 0 radical (unpaired) electrons. The topological polar surface area (TPSA) is 69.2 Å². The number of nitrogen functional groups attached to an aromatic ring is 1. The van der Waals surface area contributed by atoms with Gasteiger partial charge in [-0.3, -0.25) is 10.1 Å². The smallest absolute Gasteiger partial charge is 0.305 e. The number of nitrogens with two attached hydrogens (primary N) is 1. The molecule has 2 rings (SSSR count). The van der Waals surface area contributed by atoms with Crippen LogP contribution in [0, 0.1) is 10.1 Å². The van der Waals surface area contributed by atoms with Crippen molar-refractivity contribution in [3.63, 3.8) is 0 Å². The lowest BCUT2D eigenvalue weighted by Crippen LogP contribution is -1.97. The van der Waals surface area contributed by atoms with Crippen molar-refractivity contribution in [1.82, 2.24) is 0 Å². The maximum absolute atomic E-state index is 11.0. The van der Waals surface area contributed by atoms with E-state index in [1.165, 1.54) is 17.8 Å². The molecule has 2 aromatic rings. The van der Waals surface area contributed by atoms with Crippen molar-refractivity contribution in [2.45, 2.75) is 9.79 Å². The van der Waals surface area contributed by atoms with Crippen molar-refractivity contribution in [1.29, 1.82) is 0 Å². The van der Waals surface area contributed by atoms with E-state index in [0.717, 1.165) is 9.37 Å². The van der Waals surface area contributed by atoms with Gasteiger partial charge in [-0.05, 0) is 30.3 Å². The Bertz CT molecular complexity index is 604. The minimum absolute atomic E-state index is 0.0394. The quantitative estimate of drug-likeness (QED) is 0.524. The Morgan fingerprint density at radius 3 is 2.61 bits per heavy atom. The van der Waals surface area contributed by atoms with Gasteiger partial charge in [-0.2, -0.15) is 0 Å². The van der Waals surface area contributed by atoms with E-state index >= 15 is 0 Å². The molecule has 0 unspecified atom stereocenters. The highest BCUT2D eigenvalue weighted by Gasteiger charge is 2.18. The molecule has 0 amide bonds. The van der Waals surface area contributed by atoms with Crippen LogP contribution in [0.5, 0.6) is 0 Å². The summed E-state index contributed by atoms with van der Waals surface area (Å²) < 4.78 is 0.930. The van der Waals surface area contributed by atoms with E-state index in [4.69, 9.17) is 5.73 Å². The summed E-state index contributed by atoms with van der Waals surface area (Å²) in [7, 11) is 0. The molecule has 0 aromatic heterocycles. The van der Waals surface area contributed by atoms with E-state index < -0.39 is 4.92 Å². The number of hydrogen-bond acceptors (Lipinski definition) is 4. The van der Waals surface area contributed by atoms with Gasteiger partial charge < -0.3 is 5.73 Å². The number of nitro benzene ring substituents is 1. The van der Waals surface area contributed by atoms with Crippen molar-refractivity contribution in [2.75, 3.05) is 5.73 Å². The number of benzene rings is 2. The lowest BCUT2D eigenvalue weighted by Gasteiger charge is -2.05. The van der Waals surface area contributed by atoms with Crippen molar-refractivity contribution in [2.24, 2.45) is 0 Å². The van der Waals surface area contributed by atoms with Gasteiger partial charge in [-0.1, -0.05) is 39.8 Å². The van der Waals surface area contributed by atoms with Crippen LogP contribution in [0.25, 0.3) is 0 Å². The van der Waals surface area contributed by atoms with Crippen LogP contribution in [0.2, 0.25) is 0 Å². The van der Waals surface area contributed by atoms with Crippen LogP contribution in [0.1, 0.15) is 0 Å². The van der Waals surface area contributed by atoms with E-state index in [1.807, 2.05) is 24.3 Å². The summed E-state index contributed by atoms with van der Waals surface area (Å²) in [6.45, 7) is 0. The zero-order valence-electron chi connectivity index (χ0n) is 9.17. The molecule has 0 spiro atoms. The minimum atomic E-state index is -0.449. The first-order valence-electron chi connectivity index (χ1n) is 5.04. The number of nitrogens with zero attached hydrogens (tertiary/aromatic N) is 1. The number of nitro groups is 1. The highest BCUT2D eigenvalue weighted by molar-refractivity contribution is 9.10. The lowest BCUT2D eigenvalue weighted by molar-refractivity contribution is -0.386. The molecule has 0 heterocycles. The molecule has 2 N–H and O–H groups in total. The monoisotopic (exact) mass is 324 g/mol. The first kappa shape index (κ1) is 12.9. The molecule has 2 aromatic carbocycles. The van der Waals surface area contributed by atoms with Crippen molar-refractivity contribution < 1.29 is 4.92 Å². The van der Waals surface area contributed by atoms with E-state index in [2.05, 4.69) is 15.9 Å². The first-order valence-corrected chi connectivity index (χ1v) is 6.65. The molecule has 0 fully saturated rings. The van der Waals surface area contributed by atoms with Crippen LogP contribution >= 0.6 is 27.7 Å². The van der Waals surface area contributed by atoms with Gasteiger partial charge in [0.1, 0.15) is 5.69 Å². The second-order valence-corrected chi connectivity index (χ2v) is 5.54. The highest BCUT2D eigenvalue weighted by atomic mass is 79.9. The fourth-order valence-corrected chi connectivity index (χ4v) is 3.05. The van der Waals surface area contributed by atoms with Gasteiger partial charge in [0.2, 0.25) is 0 Å². The van der Waals surface area contributed by atoms with Crippen molar-refractivity contribution in [3.05, 3.63) is 57.1 Å². The molecular formula is C12H9BrN2O2S. The van der Waals surface area contributed by atoms with Crippen molar-refractivity contribution >= 4 is 39.1 Å². The number of hydrogen-bond donors (Lipinski definition) is 1. The fraction of sp³-hybridized carbons (Fsp3) is 0. The Balaban J connectivity index is 2.40. The second kappa shape index (κ2) is 5.41. The third kappa shape index (κ3) is 2.83. The zero-order valence-corrected chi connectivity index (χ0v) is 11.6. The van der Waals surface area contributed by atoms with Crippen LogP contribution in [0.15, 0.2) is 56.7 Å². The summed E-state index contributed by atoms with van der Waals surface area (Å²) in [6.07, 6.45) is 0. The summed E-state index contributed by atoms with van der Waals surface area (Å²) >= 11 is 4.68. The van der Waals surface area contributed by atoms with Crippen molar-refractivity contribution in [3.8, 4) is 0 Å². The Hall–Kier alpha value is -1.53. The highest BCUT2D eigenvalue weighted by Crippen LogP contribution is 2.38. The average Bonchev–Trinajstić information content (AvgIpc) is 2.28. The van der Waals surface area contributed by atoms with E-state index in [1.54, 1.807) is 12.1 Å². The predicted molar refractivity (Wildman–Crippen MR) is 75.8 cm³/mol. The molecule has 0 saturated heterocycles. The Labute approximate surface area is 116 Å². The maximum atomic E-state index is 11.0. The number of anilines is 1. The predicted octanol–water partition coefficient (Wildman–Crippen LogP) is 4.09. The van der Waals surface area contributed by atoms with Gasteiger partial charge >= 0.3 is 5.69 Å².